The fourth-order valence-corrected chi connectivity index (χ4v) is 1.57. The Balaban J connectivity index is 2.71. The molecule has 2 aromatic carbocycles. The Hall–Kier alpha value is -2.16. The SMILES string of the molecule is N=C(N)C(=O)c1cccc2ccccc12. The summed E-state index contributed by atoms with van der Waals surface area (Å²) in [5, 5.41) is 8.95. The Kier molecular flexibility index (Phi) is 2.21. The smallest absolute Gasteiger partial charge is 0.227 e. The number of rotatable bonds is 2. The van der Waals surface area contributed by atoms with Crippen LogP contribution < -0.4 is 5.73 Å². The maximum Gasteiger partial charge on any atom is 0.227 e. The van der Waals surface area contributed by atoms with Gasteiger partial charge in [0.1, 0.15) is 0 Å². The van der Waals surface area contributed by atoms with Gasteiger partial charge in [0.05, 0.1) is 0 Å². The molecule has 0 fully saturated rings. The molecule has 3 N–H and O–H groups in total. The highest BCUT2D eigenvalue weighted by Crippen LogP contribution is 2.18. The van der Waals surface area contributed by atoms with E-state index in [4.69, 9.17) is 11.1 Å². The fourth-order valence-electron chi connectivity index (χ4n) is 1.57. The van der Waals surface area contributed by atoms with E-state index in [1.54, 1.807) is 12.1 Å². The molecule has 0 saturated carbocycles. The lowest BCUT2D eigenvalue weighted by molar-refractivity contribution is 0.106. The van der Waals surface area contributed by atoms with E-state index in [2.05, 4.69) is 0 Å². The molecule has 3 nitrogen and oxygen atoms in total. The Morgan fingerprint density at radius 2 is 1.73 bits per heavy atom. The average molecular weight is 198 g/mol. The Labute approximate surface area is 87.0 Å². The van der Waals surface area contributed by atoms with Gasteiger partial charge in [0.25, 0.3) is 0 Å². The van der Waals surface area contributed by atoms with Crippen LogP contribution in [0.1, 0.15) is 10.4 Å². The van der Waals surface area contributed by atoms with Crippen molar-refractivity contribution in [1.82, 2.24) is 0 Å². The minimum atomic E-state index is -0.425. The van der Waals surface area contributed by atoms with Gasteiger partial charge in [-0.15, -0.1) is 0 Å². The number of nitrogens with two attached hydrogens (primary N) is 1. The summed E-state index contributed by atoms with van der Waals surface area (Å²) in [5.74, 6) is -0.849. The van der Waals surface area contributed by atoms with E-state index in [1.807, 2.05) is 30.3 Å². The van der Waals surface area contributed by atoms with Crippen molar-refractivity contribution < 1.29 is 4.79 Å². The van der Waals surface area contributed by atoms with Crippen molar-refractivity contribution in [1.29, 1.82) is 5.41 Å². The fraction of sp³-hybridized carbons (Fsp3) is 0. The lowest BCUT2D eigenvalue weighted by Gasteiger charge is -2.03. The van der Waals surface area contributed by atoms with Crippen molar-refractivity contribution in [3.63, 3.8) is 0 Å². The molecule has 0 spiro atoms. The van der Waals surface area contributed by atoms with Gasteiger partial charge in [-0.2, -0.15) is 0 Å². The van der Waals surface area contributed by atoms with E-state index in [0.717, 1.165) is 10.8 Å². The highest BCUT2D eigenvalue weighted by atomic mass is 16.1. The maximum atomic E-state index is 11.6. The first kappa shape index (κ1) is 9.40. The lowest BCUT2D eigenvalue weighted by Crippen LogP contribution is -2.22. The first-order valence-corrected chi connectivity index (χ1v) is 4.56. The van der Waals surface area contributed by atoms with Crippen LogP contribution in [-0.4, -0.2) is 11.6 Å². The van der Waals surface area contributed by atoms with Crippen LogP contribution in [0.2, 0.25) is 0 Å². The number of amidine groups is 1. The minimum absolute atomic E-state index is 0.424. The van der Waals surface area contributed by atoms with Crippen LogP contribution in [0.25, 0.3) is 10.8 Å². The molecular formula is C12H10N2O. The second kappa shape index (κ2) is 3.53. The summed E-state index contributed by atoms with van der Waals surface area (Å²) in [6, 6.07) is 12.9. The number of benzene rings is 2. The molecule has 0 bridgehead atoms. The zero-order valence-electron chi connectivity index (χ0n) is 8.03. The average Bonchev–Trinajstić information content (AvgIpc) is 2.27. The van der Waals surface area contributed by atoms with Crippen molar-refractivity contribution in [2.24, 2.45) is 5.73 Å². The molecule has 0 heterocycles. The standard InChI is InChI=1S/C12H10N2O/c13-12(14)11(15)10-7-3-5-8-4-1-2-6-9(8)10/h1-7H,(H3,13,14). The number of nitrogens with one attached hydrogen (secondary N) is 1. The predicted molar refractivity (Wildman–Crippen MR) is 60.2 cm³/mol. The van der Waals surface area contributed by atoms with Gasteiger partial charge in [0.15, 0.2) is 5.84 Å². The van der Waals surface area contributed by atoms with Crippen LogP contribution in [0, 0.1) is 5.41 Å². The molecule has 2 aromatic rings. The normalized spacial score (nSPS) is 10.1. The van der Waals surface area contributed by atoms with Gasteiger partial charge in [0, 0.05) is 5.56 Å². The summed E-state index contributed by atoms with van der Waals surface area (Å²) in [7, 11) is 0. The van der Waals surface area contributed by atoms with Crippen LogP contribution >= 0.6 is 0 Å². The summed E-state index contributed by atoms with van der Waals surface area (Å²) in [4.78, 5) is 11.6. The maximum absolute atomic E-state index is 11.6. The zero-order chi connectivity index (χ0) is 10.8. The van der Waals surface area contributed by atoms with Crippen molar-refractivity contribution in [2.75, 3.05) is 0 Å². The summed E-state index contributed by atoms with van der Waals surface area (Å²) >= 11 is 0. The van der Waals surface area contributed by atoms with Crippen molar-refractivity contribution in [3.05, 3.63) is 48.0 Å². The molecule has 0 aliphatic heterocycles. The van der Waals surface area contributed by atoms with Gasteiger partial charge in [-0.3, -0.25) is 10.2 Å². The molecule has 15 heavy (non-hydrogen) atoms. The highest BCUT2D eigenvalue weighted by Gasteiger charge is 2.11. The van der Waals surface area contributed by atoms with Gasteiger partial charge in [0.2, 0.25) is 5.78 Å². The van der Waals surface area contributed by atoms with E-state index >= 15 is 0 Å². The quantitative estimate of drug-likeness (QED) is 0.440. The van der Waals surface area contributed by atoms with E-state index in [-0.39, 0.29) is 0 Å². The molecule has 0 aliphatic rings. The number of carbonyl (C=O) groups is 1. The van der Waals surface area contributed by atoms with E-state index in [1.165, 1.54) is 0 Å². The predicted octanol–water partition coefficient (Wildman–Crippen LogP) is 1.96. The Morgan fingerprint density at radius 3 is 2.47 bits per heavy atom. The van der Waals surface area contributed by atoms with Gasteiger partial charge < -0.3 is 5.73 Å². The van der Waals surface area contributed by atoms with Gasteiger partial charge in [-0.1, -0.05) is 42.5 Å². The third kappa shape index (κ3) is 1.59. The molecule has 0 aromatic heterocycles. The third-order valence-electron chi connectivity index (χ3n) is 2.28. The number of hydrogen-bond acceptors (Lipinski definition) is 2. The van der Waals surface area contributed by atoms with Crippen LogP contribution in [0.4, 0.5) is 0 Å². The molecule has 2 rings (SSSR count). The van der Waals surface area contributed by atoms with Gasteiger partial charge >= 0.3 is 0 Å². The summed E-state index contributed by atoms with van der Waals surface area (Å²) < 4.78 is 0. The molecule has 0 aliphatic carbocycles. The largest absolute Gasteiger partial charge is 0.381 e. The van der Waals surface area contributed by atoms with E-state index in [0.29, 0.717) is 5.56 Å². The number of carbonyl (C=O) groups excluding carboxylic acids is 1. The highest BCUT2D eigenvalue weighted by molar-refractivity contribution is 6.45. The van der Waals surface area contributed by atoms with Crippen LogP contribution in [-0.2, 0) is 0 Å². The van der Waals surface area contributed by atoms with Crippen molar-refractivity contribution in [2.45, 2.75) is 0 Å². The monoisotopic (exact) mass is 198 g/mol. The molecule has 0 amide bonds. The molecule has 0 saturated heterocycles. The van der Waals surface area contributed by atoms with Crippen molar-refractivity contribution in [3.8, 4) is 0 Å². The minimum Gasteiger partial charge on any atom is -0.381 e. The Bertz CT molecular complexity index is 541. The van der Waals surface area contributed by atoms with Crippen LogP contribution in [0.3, 0.4) is 0 Å². The number of hydrogen-bond donors (Lipinski definition) is 2. The molecular weight excluding hydrogens is 188 g/mol. The second-order valence-corrected chi connectivity index (χ2v) is 3.27. The third-order valence-corrected chi connectivity index (χ3v) is 2.28. The molecule has 0 unspecified atom stereocenters. The summed E-state index contributed by atoms with van der Waals surface area (Å²) in [6.45, 7) is 0. The number of Topliss-reactive ketones (excluding diaryl/α,β-unsaturated/α-hetero) is 1. The van der Waals surface area contributed by atoms with Gasteiger partial charge in [-0.05, 0) is 10.8 Å². The topological polar surface area (TPSA) is 66.9 Å². The summed E-state index contributed by atoms with van der Waals surface area (Å²) in [5.41, 5.74) is 5.68. The molecule has 0 radical (unpaired) electrons. The molecule has 74 valence electrons. The van der Waals surface area contributed by atoms with E-state index in [9.17, 15) is 4.79 Å². The molecule has 3 heteroatoms. The van der Waals surface area contributed by atoms with E-state index < -0.39 is 11.6 Å². The first-order valence-electron chi connectivity index (χ1n) is 4.56. The van der Waals surface area contributed by atoms with Crippen molar-refractivity contribution >= 4 is 22.4 Å². The second-order valence-electron chi connectivity index (χ2n) is 3.27. The number of fused-ring (bicyclic) bond motifs is 1. The van der Waals surface area contributed by atoms with Gasteiger partial charge in [-0.25, -0.2) is 0 Å². The van der Waals surface area contributed by atoms with Crippen LogP contribution in [0.5, 0.6) is 0 Å². The molecule has 0 atom stereocenters. The summed E-state index contributed by atoms with van der Waals surface area (Å²) in [6.07, 6.45) is 0. The zero-order valence-corrected chi connectivity index (χ0v) is 8.03. The number of ketones is 1. The lowest BCUT2D eigenvalue weighted by atomic mass is 10.0. The Morgan fingerprint density at radius 1 is 1.07 bits per heavy atom. The van der Waals surface area contributed by atoms with Crippen LogP contribution in [0.15, 0.2) is 42.5 Å². The first-order chi connectivity index (χ1) is 7.20.